The number of nitrogens with zero attached hydrogens (tertiary/aromatic N) is 4. The predicted octanol–water partition coefficient (Wildman–Crippen LogP) is 2.05. The molecular weight excluding hydrogens is 411 g/mol. The fourth-order valence-corrected chi connectivity index (χ4v) is 4.73. The minimum absolute atomic E-state index is 0.0366. The Hall–Kier alpha value is -3.18. The molecule has 2 aromatic heterocycles. The molecule has 30 heavy (non-hydrogen) atoms. The van der Waals surface area contributed by atoms with Crippen molar-refractivity contribution in [2.75, 3.05) is 18.4 Å². The van der Waals surface area contributed by atoms with Crippen molar-refractivity contribution < 1.29 is 17.6 Å². The van der Waals surface area contributed by atoms with Crippen LogP contribution in [0.1, 0.15) is 12.8 Å². The molecular formula is C19H19FN6O3S. The Labute approximate surface area is 172 Å². The molecule has 1 aromatic carbocycles. The molecule has 0 saturated carbocycles. The van der Waals surface area contributed by atoms with Crippen molar-refractivity contribution in [3.8, 4) is 11.5 Å². The largest absolute Gasteiger partial charge is 0.293 e. The van der Waals surface area contributed by atoms with Crippen molar-refractivity contribution in [3.05, 3.63) is 54.5 Å². The first-order chi connectivity index (χ1) is 14.4. The number of aromatic nitrogens is 4. The number of carbonyl (C=O) groups is 1. The quantitative estimate of drug-likeness (QED) is 0.639. The number of piperidine rings is 1. The Morgan fingerprint density at radius 1 is 1.13 bits per heavy atom. The summed E-state index contributed by atoms with van der Waals surface area (Å²) in [6.45, 7) is 0.399. The molecule has 1 amide bonds. The Balaban J connectivity index is 1.36. The topological polar surface area (TPSA) is 121 Å². The van der Waals surface area contributed by atoms with E-state index in [9.17, 15) is 17.6 Å². The van der Waals surface area contributed by atoms with Crippen molar-refractivity contribution in [1.29, 1.82) is 0 Å². The predicted molar refractivity (Wildman–Crippen MR) is 106 cm³/mol. The first-order valence-electron chi connectivity index (χ1n) is 9.34. The van der Waals surface area contributed by atoms with Crippen LogP contribution in [-0.2, 0) is 14.8 Å². The first-order valence-corrected chi connectivity index (χ1v) is 10.8. The zero-order valence-electron chi connectivity index (χ0n) is 15.8. The standard InChI is InChI=1S/C19H19FN6O3S/c20-14-4-6-15(7-5-14)30(28,29)26-11-8-13(9-12-26)18(27)23-19-22-17(24-25-19)16-3-1-2-10-21-16/h1-7,10,13H,8-9,11-12H2,(H2,22,23,24,25,27). The highest BCUT2D eigenvalue weighted by molar-refractivity contribution is 7.89. The maximum atomic E-state index is 13.1. The van der Waals surface area contributed by atoms with E-state index < -0.39 is 15.8 Å². The second-order valence-corrected chi connectivity index (χ2v) is 8.78. The number of sulfonamides is 1. The van der Waals surface area contributed by atoms with Crippen LogP contribution in [0.5, 0.6) is 0 Å². The zero-order chi connectivity index (χ0) is 21.1. The highest BCUT2D eigenvalue weighted by Gasteiger charge is 2.32. The summed E-state index contributed by atoms with van der Waals surface area (Å²) in [4.78, 5) is 21.0. The lowest BCUT2D eigenvalue weighted by atomic mass is 9.97. The van der Waals surface area contributed by atoms with Crippen LogP contribution < -0.4 is 5.32 Å². The van der Waals surface area contributed by atoms with Gasteiger partial charge in [-0.3, -0.25) is 20.2 Å². The number of amides is 1. The molecule has 0 aliphatic carbocycles. The molecule has 0 unspecified atom stereocenters. The van der Waals surface area contributed by atoms with Gasteiger partial charge >= 0.3 is 0 Å². The van der Waals surface area contributed by atoms with E-state index in [-0.39, 0.29) is 35.8 Å². The average molecular weight is 430 g/mol. The van der Waals surface area contributed by atoms with Crippen LogP contribution in [0.25, 0.3) is 11.5 Å². The smallest absolute Gasteiger partial charge is 0.249 e. The monoisotopic (exact) mass is 430 g/mol. The van der Waals surface area contributed by atoms with Crippen LogP contribution in [0.4, 0.5) is 10.3 Å². The van der Waals surface area contributed by atoms with Gasteiger partial charge in [0.05, 0.1) is 4.90 Å². The van der Waals surface area contributed by atoms with Crippen LogP contribution in [0.3, 0.4) is 0 Å². The summed E-state index contributed by atoms with van der Waals surface area (Å²) in [5.41, 5.74) is 0.602. The zero-order valence-corrected chi connectivity index (χ0v) is 16.6. The summed E-state index contributed by atoms with van der Waals surface area (Å²) in [5, 5.41) is 9.37. The van der Waals surface area contributed by atoms with Gasteiger partial charge in [-0.05, 0) is 49.2 Å². The molecule has 2 N–H and O–H groups in total. The van der Waals surface area contributed by atoms with Gasteiger partial charge in [-0.2, -0.15) is 9.29 Å². The van der Waals surface area contributed by atoms with Gasteiger partial charge in [0.15, 0.2) is 5.82 Å². The highest BCUT2D eigenvalue weighted by Crippen LogP contribution is 2.25. The van der Waals surface area contributed by atoms with Crippen LogP contribution >= 0.6 is 0 Å². The minimum Gasteiger partial charge on any atom is -0.293 e. The van der Waals surface area contributed by atoms with E-state index in [1.807, 2.05) is 6.07 Å². The van der Waals surface area contributed by atoms with Crippen molar-refractivity contribution >= 4 is 21.9 Å². The van der Waals surface area contributed by atoms with Gasteiger partial charge in [-0.25, -0.2) is 12.8 Å². The molecule has 0 atom stereocenters. The van der Waals surface area contributed by atoms with Crippen LogP contribution in [0.15, 0.2) is 53.6 Å². The van der Waals surface area contributed by atoms with Crippen LogP contribution in [0, 0.1) is 11.7 Å². The van der Waals surface area contributed by atoms with Crippen molar-refractivity contribution in [1.82, 2.24) is 24.5 Å². The summed E-state index contributed by atoms with van der Waals surface area (Å²) in [6.07, 6.45) is 2.36. The number of rotatable bonds is 5. The lowest BCUT2D eigenvalue weighted by Crippen LogP contribution is -2.41. The summed E-state index contributed by atoms with van der Waals surface area (Å²) < 4.78 is 39.7. The lowest BCUT2D eigenvalue weighted by molar-refractivity contribution is -0.121. The minimum atomic E-state index is -3.72. The molecule has 11 heteroatoms. The number of halogens is 1. The molecule has 0 spiro atoms. The Kier molecular flexibility index (Phi) is 5.55. The molecule has 3 aromatic rings. The van der Waals surface area contributed by atoms with Gasteiger partial charge < -0.3 is 0 Å². The fraction of sp³-hybridized carbons (Fsp3) is 0.263. The van der Waals surface area contributed by atoms with Crippen molar-refractivity contribution in [3.63, 3.8) is 0 Å². The summed E-state index contributed by atoms with van der Waals surface area (Å²) in [5.74, 6) is -0.544. The number of hydrogen-bond donors (Lipinski definition) is 2. The lowest BCUT2D eigenvalue weighted by Gasteiger charge is -2.30. The van der Waals surface area contributed by atoms with E-state index in [0.29, 0.717) is 24.4 Å². The number of carbonyl (C=O) groups excluding carboxylic acids is 1. The van der Waals surface area contributed by atoms with E-state index >= 15 is 0 Å². The van der Waals surface area contributed by atoms with E-state index in [2.05, 4.69) is 25.5 Å². The second-order valence-electron chi connectivity index (χ2n) is 6.84. The van der Waals surface area contributed by atoms with Gasteiger partial charge in [0.2, 0.25) is 21.9 Å². The molecule has 9 nitrogen and oxygen atoms in total. The molecule has 3 heterocycles. The van der Waals surface area contributed by atoms with E-state index in [1.54, 1.807) is 18.3 Å². The SMILES string of the molecule is O=C(Nc1n[nH]c(-c2ccccn2)n1)C1CCN(S(=O)(=O)c2ccc(F)cc2)CC1. The van der Waals surface area contributed by atoms with E-state index in [1.165, 1.54) is 16.4 Å². The molecule has 1 fully saturated rings. The maximum absolute atomic E-state index is 13.1. The average Bonchev–Trinajstić information content (AvgIpc) is 3.23. The summed E-state index contributed by atoms with van der Waals surface area (Å²) in [7, 11) is -3.72. The molecule has 1 saturated heterocycles. The molecule has 156 valence electrons. The Morgan fingerprint density at radius 2 is 1.87 bits per heavy atom. The van der Waals surface area contributed by atoms with Crippen molar-refractivity contribution in [2.45, 2.75) is 17.7 Å². The maximum Gasteiger partial charge on any atom is 0.249 e. The van der Waals surface area contributed by atoms with E-state index in [4.69, 9.17) is 0 Å². The second kappa shape index (κ2) is 8.28. The fourth-order valence-electron chi connectivity index (χ4n) is 3.26. The number of hydrogen-bond acceptors (Lipinski definition) is 6. The van der Waals surface area contributed by atoms with Gasteiger partial charge in [0.1, 0.15) is 11.5 Å². The number of pyridine rings is 1. The summed E-state index contributed by atoms with van der Waals surface area (Å²) in [6, 6.07) is 10.1. The molecule has 0 radical (unpaired) electrons. The number of anilines is 1. The Morgan fingerprint density at radius 3 is 2.53 bits per heavy atom. The number of nitrogens with one attached hydrogen (secondary N) is 2. The molecule has 1 aliphatic rings. The normalized spacial score (nSPS) is 15.8. The van der Waals surface area contributed by atoms with E-state index in [0.717, 1.165) is 12.1 Å². The third kappa shape index (κ3) is 4.21. The van der Waals surface area contributed by atoms with Crippen LogP contribution in [0.2, 0.25) is 0 Å². The van der Waals surface area contributed by atoms with Gasteiger partial charge in [0, 0.05) is 25.2 Å². The first kappa shape index (κ1) is 20.1. The number of benzene rings is 1. The Bertz CT molecular complexity index is 1130. The van der Waals surface area contributed by atoms with Crippen molar-refractivity contribution in [2.24, 2.45) is 5.92 Å². The third-order valence-electron chi connectivity index (χ3n) is 4.90. The molecule has 4 rings (SSSR count). The van der Waals surface area contributed by atoms with Gasteiger partial charge in [0.25, 0.3) is 0 Å². The van der Waals surface area contributed by atoms with Gasteiger partial charge in [-0.1, -0.05) is 6.07 Å². The number of H-pyrrole nitrogens is 1. The van der Waals surface area contributed by atoms with Gasteiger partial charge in [-0.15, -0.1) is 5.10 Å². The third-order valence-corrected chi connectivity index (χ3v) is 6.82. The molecule has 0 bridgehead atoms. The number of aromatic amines is 1. The van der Waals surface area contributed by atoms with Crippen LogP contribution in [-0.4, -0.2) is 51.9 Å². The highest BCUT2D eigenvalue weighted by atomic mass is 32.2. The molecule has 1 aliphatic heterocycles. The summed E-state index contributed by atoms with van der Waals surface area (Å²) >= 11 is 0.